The van der Waals surface area contributed by atoms with Gasteiger partial charge in [0, 0.05) is 18.0 Å². The number of aryl methyl sites for hydroxylation is 2. The van der Waals surface area contributed by atoms with Gasteiger partial charge in [-0.25, -0.2) is 4.68 Å². The van der Waals surface area contributed by atoms with Crippen molar-refractivity contribution in [3.05, 3.63) is 126 Å². The molecule has 0 spiro atoms. The van der Waals surface area contributed by atoms with Crippen molar-refractivity contribution in [2.24, 2.45) is 0 Å². The fourth-order valence-corrected chi connectivity index (χ4v) is 4.30. The van der Waals surface area contributed by atoms with Crippen LogP contribution in [-0.4, -0.2) is 20.0 Å². The van der Waals surface area contributed by atoms with Crippen LogP contribution >= 0.6 is 0 Å². The fourth-order valence-electron chi connectivity index (χ4n) is 4.30. The first-order chi connectivity index (χ1) is 16.8. The zero-order valence-corrected chi connectivity index (χ0v) is 19.2. The maximum absolute atomic E-state index is 4.27. The number of nitrogens with zero attached hydrogens (tertiary/aromatic N) is 4. The maximum Gasteiger partial charge on any atom is 0.114 e. The van der Waals surface area contributed by atoms with E-state index in [1.54, 1.807) is 6.20 Å². The standard InChI is InChI=1S/C30H28N4/c1-2-10-26(11-3-1)29-15-7-6-13-27(29)12-5-4-9-24-16-18-25(19-17-24)22-34-23-30(32-33-34)28-14-8-20-31-21-28/h1-3,6-8,10-11,13-21,23H,4-5,9,12,22H2. The lowest BCUT2D eigenvalue weighted by atomic mass is 9.95. The monoisotopic (exact) mass is 444 g/mol. The molecule has 0 aliphatic rings. The van der Waals surface area contributed by atoms with Gasteiger partial charge in [0.15, 0.2) is 0 Å². The number of rotatable bonds is 9. The summed E-state index contributed by atoms with van der Waals surface area (Å²) in [4.78, 5) is 4.15. The predicted octanol–water partition coefficient (Wildman–Crippen LogP) is 6.62. The molecular formula is C30H28N4. The molecule has 168 valence electrons. The van der Waals surface area contributed by atoms with Gasteiger partial charge in [0.25, 0.3) is 0 Å². The topological polar surface area (TPSA) is 43.6 Å². The highest BCUT2D eigenvalue weighted by atomic mass is 15.4. The fraction of sp³-hybridized carbons (Fsp3) is 0.167. The molecule has 2 aromatic heterocycles. The van der Waals surface area contributed by atoms with Crippen molar-refractivity contribution in [1.82, 2.24) is 20.0 Å². The zero-order valence-electron chi connectivity index (χ0n) is 19.2. The minimum Gasteiger partial charge on any atom is -0.264 e. The highest BCUT2D eigenvalue weighted by Crippen LogP contribution is 2.25. The molecule has 0 aliphatic heterocycles. The molecule has 0 amide bonds. The third-order valence-corrected chi connectivity index (χ3v) is 6.13. The van der Waals surface area contributed by atoms with Crippen LogP contribution in [0.25, 0.3) is 22.4 Å². The number of hydrogen-bond donors (Lipinski definition) is 0. The Kier molecular flexibility index (Phi) is 6.86. The van der Waals surface area contributed by atoms with Crippen molar-refractivity contribution in [3.63, 3.8) is 0 Å². The molecule has 0 saturated heterocycles. The van der Waals surface area contributed by atoms with Crippen LogP contribution in [0.2, 0.25) is 0 Å². The highest BCUT2D eigenvalue weighted by Gasteiger charge is 2.06. The first-order valence-corrected chi connectivity index (χ1v) is 11.9. The van der Waals surface area contributed by atoms with E-state index in [1.165, 1.54) is 40.7 Å². The van der Waals surface area contributed by atoms with E-state index in [1.807, 2.05) is 29.2 Å². The van der Waals surface area contributed by atoms with Crippen molar-refractivity contribution in [1.29, 1.82) is 0 Å². The van der Waals surface area contributed by atoms with Crippen molar-refractivity contribution >= 4 is 0 Å². The van der Waals surface area contributed by atoms with Gasteiger partial charge in [-0.1, -0.05) is 84.1 Å². The molecule has 4 nitrogen and oxygen atoms in total. The first-order valence-electron chi connectivity index (χ1n) is 11.9. The molecule has 0 N–H and O–H groups in total. The van der Waals surface area contributed by atoms with Gasteiger partial charge in [-0.2, -0.15) is 0 Å². The number of hydrogen-bond acceptors (Lipinski definition) is 3. The van der Waals surface area contributed by atoms with Crippen LogP contribution in [-0.2, 0) is 19.4 Å². The largest absolute Gasteiger partial charge is 0.264 e. The van der Waals surface area contributed by atoms with Crippen LogP contribution in [0.4, 0.5) is 0 Å². The molecule has 5 aromatic rings. The summed E-state index contributed by atoms with van der Waals surface area (Å²) in [6.45, 7) is 0.712. The van der Waals surface area contributed by atoms with E-state index in [4.69, 9.17) is 0 Å². The first kappa shape index (κ1) is 21.8. The van der Waals surface area contributed by atoms with E-state index < -0.39 is 0 Å². The number of aromatic nitrogens is 4. The SMILES string of the molecule is c1ccc(-c2ccccc2CCCCc2ccc(Cn3cc(-c4cccnc4)nn3)cc2)cc1. The highest BCUT2D eigenvalue weighted by molar-refractivity contribution is 5.67. The lowest BCUT2D eigenvalue weighted by Gasteiger charge is -2.10. The minimum absolute atomic E-state index is 0.712. The van der Waals surface area contributed by atoms with Gasteiger partial charge >= 0.3 is 0 Å². The van der Waals surface area contributed by atoms with Crippen LogP contribution in [0.1, 0.15) is 29.5 Å². The smallest absolute Gasteiger partial charge is 0.114 e. The van der Waals surface area contributed by atoms with Crippen LogP contribution in [0.3, 0.4) is 0 Å². The number of benzene rings is 3. The average molecular weight is 445 g/mol. The molecule has 0 bridgehead atoms. The molecule has 5 rings (SSSR count). The normalized spacial score (nSPS) is 10.9. The van der Waals surface area contributed by atoms with Crippen molar-refractivity contribution in [2.75, 3.05) is 0 Å². The Morgan fingerprint density at radius 3 is 2.21 bits per heavy atom. The molecule has 0 radical (unpaired) electrons. The Morgan fingerprint density at radius 2 is 1.38 bits per heavy atom. The van der Waals surface area contributed by atoms with Crippen molar-refractivity contribution in [2.45, 2.75) is 32.2 Å². The van der Waals surface area contributed by atoms with Crippen LogP contribution in [0.5, 0.6) is 0 Å². The summed E-state index contributed by atoms with van der Waals surface area (Å²) >= 11 is 0. The second-order valence-corrected chi connectivity index (χ2v) is 8.59. The van der Waals surface area contributed by atoms with Gasteiger partial charge in [0.2, 0.25) is 0 Å². The lowest BCUT2D eigenvalue weighted by molar-refractivity contribution is 0.649. The van der Waals surface area contributed by atoms with Gasteiger partial charge in [0.05, 0.1) is 12.7 Å². The molecule has 3 aromatic carbocycles. The summed E-state index contributed by atoms with van der Waals surface area (Å²) in [7, 11) is 0. The molecule has 0 unspecified atom stereocenters. The van der Waals surface area contributed by atoms with Gasteiger partial charge in [0.1, 0.15) is 5.69 Å². The summed E-state index contributed by atoms with van der Waals surface area (Å²) in [6, 6.07) is 32.3. The van der Waals surface area contributed by atoms with Gasteiger partial charge < -0.3 is 0 Å². The summed E-state index contributed by atoms with van der Waals surface area (Å²) in [5, 5.41) is 8.54. The van der Waals surface area contributed by atoms with E-state index >= 15 is 0 Å². The summed E-state index contributed by atoms with van der Waals surface area (Å²) in [5.41, 5.74) is 8.52. The van der Waals surface area contributed by atoms with Crippen molar-refractivity contribution in [3.8, 4) is 22.4 Å². The molecule has 2 heterocycles. The molecule has 0 aliphatic carbocycles. The number of pyridine rings is 1. The van der Waals surface area contributed by atoms with E-state index in [2.05, 4.69) is 94.2 Å². The van der Waals surface area contributed by atoms with E-state index in [0.29, 0.717) is 6.54 Å². The van der Waals surface area contributed by atoms with Crippen LogP contribution in [0.15, 0.2) is 110 Å². The van der Waals surface area contributed by atoms with Gasteiger partial charge in [-0.05, 0) is 65.6 Å². The zero-order chi connectivity index (χ0) is 23.0. The summed E-state index contributed by atoms with van der Waals surface area (Å²) < 4.78 is 1.88. The van der Waals surface area contributed by atoms with Gasteiger partial charge in [-0.15, -0.1) is 5.10 Å². The number of unbranched alkanes of at least 4 members (excludes halogenated alkanes) is 1. The maximum atomic E-state index is 4.27. The Hall–Kier alpha value is -4.05. The Labute approximate surface area is 200 Å². The molecular weight excluding hydrogens is 416 g/mol. The molecule has 4 heteroatoms. The molecule has 0 fully saturated rings. The lowest BCUT2D eigenvalue weighted by Crippen LogP contribution is -2.00. The quantitative estimate of drug-likeness (QED) is 0.240. The molecule has 0 saturated carbocycles. The predicted molar refractivity (Wildman–Crippen MR) is 137 cm³/mol. The van der Waals surface area contributed by atoms with Gasteiger partial charge in [-0.3, -0.25) is 4.98 Å². The second kappa shape index (κ2) is 10.7. The average Bonchev–Trinajstić information content (AvgIpc) is 3.37. The van der Waals surface area contributed by atoms with Crippen LogP contribution < -0.4 is 0 Å². The summed E-state index contributed by atoms with van der Waals surface area (Å²) in [6.07, 6.45) is 10.1. The van der Waals surface area contributed by atoms with E-state index in [9.17, 15) is 0 Å². The third-order valence-electron chi connectivity index (χ3n) is 6.13. The Bertz CT molecular complexity index is 1310. The van der Waals surface area contributed by atoms with E-state index in [-0.39, 0.29) is 0 Å². The van der Waals surface area contributed by atoms with Crippen molar-refractivity contribution < 1.29 is 0 Å². The second-order valence-electron chi connectivity index (χ2n) is 8.59. The summed E-state index contributed by atoms with van der Waals surface area (Å²) in [5.74, 6) is 0. The molecule has 0 atom stereocenters. The minimum atomic E-state index is 0.712. The van der Waals surface area contributed by atoms with Crippen LogP contribution in [0, 0.1) is 0 Å². The third kappa shape index (κ3) is 5.46. The van der Waals surface area contributed by atoms with E-state index in [0.717, 1.165) is 24.1 Å². The molecule has 34 heavy (non-hydrogen) atoms. The Balaban J connectivity index is 1.13. The Morgan fingerprint density at radius 1 is 0.647 bits per heavy atom.